The Balaban J connectivity index is 1.95. The molecule has 0 aromatic heterocycles. The summed E-state index contributed by atoms with van der Waals surface area (Å²) in [5, 5.41) is 3.41. The summed E-state index contributed by atoms with van der Waals surface area (Å²) in [4.78, 5) is 28.7. The van der Waals surface area contributed by atoms with E-state index in [1.165, 1.54) is 17.0 Å². The molecule has 0 unspecified atom stereocenters. The molecule has 1 atom stereocenters. The summed E-state index contributed by atoms with van der Waals surface area (Å²) in [6.45, 7) is 3.38. The Kier molecular flexibility index (Phi) is 10.7. The largest absolute Gasteiger partial charge is 0.352 e. The predicted octanol–water partition coefficient (Wildman–Crippen LogP) is 5.98. The number of carbonyl (C=O) groups is 2. The van der Waals surface area contributed by atoms with Gasteiger partial charge in [0.2, 0.25) is 21.8 Å². The molecule has 1 aliphatic carbocycles. The van der Waals surface area contributed by atoms with Crippen LogP contribution in [0.4, 0.5) is 5.69 Å². The minimum atomic E-state index is -3.95. The number of hydrogen-bond acceptors (Lipinski definition) is 4. The van der Waals surface area contributed by atoms with Crippen molar-refractivity contribution >= 4 is 62.3 Å². The van der Waals surface area contributed by atoms with Crippen LogP contribution >= 0.6 is 34.8 Å². The van der Waals surface area contributed by atoms with E-state index in [2.05, 4.69) is 5.32 Å². The van der Waals surface area contributed by atoms with Crippen LogP contribution in [-0.2, 0) is 26.2 Å². The number of carbonyl (C=O) groups excluding carboxylic acids is 2. The van der Waals surface area contributed by atoms with E-state index in [9.17, 15) is 18.0 Å². The SMILES string of the molecule is CC[C@@H](C(=O)NC1CCCCC1)N(Cc1ccc(C)cc1)C(=O)CN(c1cc(Cl)c(Cl)cc1Cl)S(C)(=O)=O. The number of amides is 2. The van der Waals surface area contributed by atoms with Gasteiger partial charge in [0.25, 0.3) is 0 Å². The molecular weight excluding hydrogens is 569 g/mol. The van der Waals surface area contributed by atoms with E-state index in [0.717, 1.165) is 53.8 Å². The van der Waals surface area contributed by atoms with Gasteiger partial charge in [0.15, 0.2) is 0 Å². The Morgan fingerprint density at radius 2 is 1.61 bits per heavy atom. The molecule has 1 N–H and O–H groups in total. The van der Waals surface area contributed by atoms with Gasteiger partial charge in [-0.05, 0) is 43.9 Å². The van der Waals surface area contributed by atoms with E-state index >= 15 is 0 Å². The van der Waals surface area contributed by atoms with Gasteiger partial charge in [-0.25, -0.2) is 8.42 Å². The van der Waals surface area contributed by atoms with Gasteiger partial charge in [-0.3, -0.25) is 13.9 Å². The third-order valence-electron chi connectivity index (χ3n) is 6.75. The van der Waals surface area contributed by atoms with Crippen molar-refractivity contribution in [2.75, 3.05) is 17.1 Å². The van der Waals surface area contributed by atoms with E-state index in [1.54, 1.807) is 0 Å². The highest BCUT2D eigenvalue weighted by Crippen LogP contribution is 2.35. The number of anilines is 1. The summed E-state index contributed by atoms with van der Waals surface area (Å²) in [6, 6.07) is 9.59. The zero-order valence-corrected chi connectivity index (χ0v) is 24.9. The van der Waals surface area contributed by atoms with Gasteiger partial charge < -0.3 is 10.2 Å². The number of aryl methyl sites for hydroxylation is 1. The second-order valence-corrected chi connectivity index (χ2v) is 12.9. The highest BCUT2D eigenvalue weighted by molar-refractivity contribution is 7.92. The van der Waals surface area contributed by atoms with Gasteiger partial charge >= 0.3 is 0 Å². The molecule has 1 aliphatic rings. The summed E-state index contributed by atoms with van der Waals surface area (Å²) in [5.74, 6) is -0.776. The topological polar surface area (TPSA) is 86.8 Å². The van der Waals surface area contributed by atoms with E-state index in [1.807, 2.05) is 38.1 Å². The molecule has 3 rings (SSSR count). The fraction of sp³-hybridized carbons (Fsp3) is 0.481. The molecule has 11 heteroatoms. The quantitative estimate of drug-likeness (QED) is 0.339. The van der Waals surface area contributed by atoms with Crippen molar-refractivity contribution in [2.24, 2.45) is 0 Å². The summed E-state index contributed by atoms with van der Waals surface area (Å²) >= 11 is 18.5. The lowest BCUT2D eigenvalue weighted by molar-refractivity contribution is -0.140. The van der Waals surface area contributed by atoms with Crippen LogP contribution in [0.25, 0.3) is 0 Å². The monoisotopic (exact) mass is 601 g/mol. The van der Waals surface area contributed by atoms with Gasteiger partial charge in [-0.1, -0.05) is 90.8 Å². The van der Waals surface area contributed by atoms with Crippen LogP contribution < -0.4 is 9.62 Å². The van der Waals surface area contributed by atoms with Gasteiger partial charge in [-0.2, -0.15) is 0 Å². The van der Waals surface area contributed by atoms with Gasteiger partial charge in [-0.15, -0.1) is 0 Å². The van der Waals surface area contributed by atoms with Crippen molar-refractivity contribution in [1.29, 1.82) is 0 Å². The average molecular weight is 603 g/mol. The standard InChI is InChI=1S/C27H34Cl3N3O4S/c1-4-24(27(35)31-20-8-6-5-7-9-20)32(16-19-12-10-18(2)11-13-19)26(34)17-33(38(3,36)37)25-15-22(29)21(28)14-23(25)30/h10-15,20,24H,4-9,16-17H2,1-3H3,(H,31,35)/t24-/m0/s1. The highest BCUT2D eigenvalue weighted by atomic mass is 35.5. The summed E-state index contributed by atoms with van der Waals surface area (Å²) in [5.41, 5.74) is 1.92. The third-order valence-corrected chi connectivity index (χ3v) is 8.90. The molecule has 1 saturated carbocycles. The lowest BCUT2D eigenvalue weighted by Gasteiger charge is -2.34. The first-order chi connectivity index (χ1) is 17.9. The zero-order valence-electron chi connectivity index (χ0n) is 21.8. The zero-order chi connectivity index (χ0) is 28.0. The van der Waals surface area contributed by atoms with Crippen molar-refractivity contribution in [3.63, 3.8) is 0 Å². The van der Waals surface area contributed by atoms with E-state index in [4.69, 9.17) is 34.8 Å². The van der Waals surface area contributed by atoms with Crippen molar-refractivity contribution in [1.82, 2.24) is 10.2 Å². The number of rotatable bonds is 10. The second-order valence-electron chi connectivity index (χ2n) is 9.76. The summed E-state index contributed by atoms with van der Waals surface area (Å²) < 4.78 is 26.5. The maximum Gasteiger partial charge on any atom is 0.244 e. The van der Waals surface area contributed by atoms with Crippen LogP contribution in [-0.4, -0.2) is 50.0 Å². The number of nitrogens with one attached hydrogen (secondary N) is 1. The number of benzene rings is 2. The second kappa shape index (κ2) is 13.4. The summed E-state index contributed by atoms with van der Waals surface area (Å²) in [6.07, 6.45) is 6.43. The highest BCUT2D eigenvalue weighted by Gasteiger charge is 2.33. The Morgan fingerprint density at radius 3 is 2.18 bits per heavy atom. The number of nitrogens with zero attached hydrogens (tertiary/aromatic N) is 2. The van der Waals surface area contributed by atoms with Crippen LogP contribution in [0.1, 0.15) is 56.6 Å². The molecule has 2 aromatic carbocycles. The molecule has 0 saturated heterocycles. The Morgan fingerprint density at radius 1 is 1.00 bits per heavy atom. The number of halogens is 3. The molecule has 0 heterocycles. The minimum Gasteiger partial charge on any atom is -0.352 e. The van der Waals surface area contributed by atoms with E-state index < -0.39 is 28.5 Å². The normalized spacial score (nSPS) is 15.1. The third kappa shape index (κ3) is 8.01. The Labute approximate surface area is 240 Å². The molecule has 0 aliphatic heterocycles. The lowest BCUT2D eigenvalue weighted by atomic mass is 9.95. The molecular formula is C27H34Cl3N3O4S. The summed E-state index contributed by atoms with van der Waals surface area (Å²) in [7, 11) is -3.95. The molecule has 2 amide bonds. The molecule has 208 valence electrons. The molecule has 1 fully saturated rings. The van der Waals surface area contributed by atoms with Gasteiger partial charge in [0.1, 0.15) is 12.6 Å². The Hall–Kier alpha value is -2.00. The molecule has 0 radical (unpaired) electrons. The van der Waals surface area contributed by atoms with Crippen LogP contribution in [0.15, 0.2) is 36.4 Å². The number of hydrogen-bond donors (Lipinski definition) is 1. The maximum absolute atomic E-state index is 13.8. The lowest BCUT2D eigenvalue weighted by Crippen LogP contribution is -2.54. The van der Waals surface area contributed by atoms with Gasteiger partial charge in [0, 0.05) is 12.6 Å². The molecule has 0 bridgehead atoms. The van der Waals surface area contributed by atoms with Crippen molar-refractivity contribution in [2.45, 2.75) is 71.0 Å². The first kappa shape index (κ1) is 30.5. The maximum atomic E-state index is 13.8. The van der Waals surface area contributed by atoms with Crippen molar-refractivity contribution in [3.05, 3.63) is 62.6 Å². The average Bonchev–Trinajstić information content (AvgIpc) is 2.86. The molecule has 38 heavy (non-hydrogen) atoms. The van der Waals surface area contributed by atoms with Crippen molar-refractivity contribution < 1.29 is 18.0 Å². The Bertz CT molecular complexity index is 1250. The van der Waals surface area contributed by atoms with Crippen LogP contribution in [0.5, 0.6) is 0 Å². The smallest absolute Gasteiger partial charge is 0.244 e. The fourth-order valence-electron chi connectivity index (χ4n) is 4.65. The number of sulfonamides is 1. The fourth-order valence-corrected chi connectivity index (χ4v) is 6.20. The minimum absolute atomic E-state index is 0.0322. The first-order valence-corrected chi connectivity index (χ1v) is 15.7. The molecule has 0 spiro atoms. The molecule has 2 aromatic rings. The van der Waals surface area contributed by atoms with E-state index in [-0.39, 0.29) is 39.2 Å². The van der Waals surface area contributed by atoms with Crippen LogP contribution in [0.2, 0.25) is 15.1 Å². The van der Waals surface area contributed by atoms with E-state index in [0.29, 0.717) is 6.42 Å². The van der Waals surface area contributed by atoms with Crippen molar-refractivity contribution in [3.8, 4) is 0 Å². The van der Waals surface area contributed by atoms with Crippen LogP contribution in [0.3, 0.4) is 0 Å². The van der Waals surface area contributed by atoms with Crippen LogP contribution in [0, 0.1) is 6.92 Å². The molecule has 7 nitrogen and oxygen atoms in total. The first-order valence-electron chi connectivity index (χ1n) is 12.7. The predicted molar refractivity (Wildman–Crippen MR) is 154 cm³/mol. The van der Waals surface area contributed by atoms with Gasteiger partial charge in [0.05, 0.1) is 27.0 Å².